The van der Waals surface area contributed by atoms with E-state index in [9.17, 15) is 0 Å². The first-order chi connectivity index (χ1) is 15.8. The molecule has 32 heavy (non-hydrogen) atoms. The highest BCUT2D eigenvalue weighted by molar-refractivity contribution is 8.96. The molecule has 0 aromatic heterocycles. The van der Waals surface area contributed by atoms with Gasteiger partial charge in [0, 0.05) is 0 Å². The Labute approximate surface area is 196 Å². The van der Waals surface area contributed by atoms with Gasteiger partial charge < -0.3 is 0 Å². The smallest absolute Gasteiger partial charge is 0.00737 e. The van der Waals surface area contributed by atoms with Crippen molar-refractivity contribution in [3.05, 3.63) is 91.0 Å². The molecule has 0 nitrogen and oxygen atoms in total. The molecule has 0 radical (unpaired) electrons. The van der Waals surface area contributed by atoms with Crippen LogP contribution in [-0.2, 0) is 0 Å². The summed E-state index contributed by atoms with van der Waals surface area (Å²) in [4.78, 5) is 0. The standard InChI is InChI=1S/C26H20P6/c1-2-5-17-11-22-14-23-20(13-21(22)10-16(17)4-1)9-8-19-12-18-6-3-7-26(25(18)15-24(19)23)32-30-28-27-29-31-32/h1-15,27-31H. The minimum absolute atomic E-state index is 0.0738. The van der Waals surface area contributed by atoms with Crippen LogP contribution >= 0.6 is 47.1 Å². The summed E-state index contributed by atoms with van der Waals surface area (Å²) in [5.41, 5.74) is 0. The average Bonchev–Trinajstić information content (AvgIpc) is 2.85. The zero-order chi connectivity index (χ0) is 21.1. The summed E-state index contributed by atoms with van der Waals surface area (Å²) < 4.78 is 0. The van der Waals surface area contributed by atoms with Crippen LogP contribution in [-0.4, -0.2) is 0 Å². The van der Waals surface area contributed by atoms with Crippen LogP contribution in [0, 0.1) is 0 Å². The molecule has 1 saturated heterocycles. The lowest BCUT2D eigenvalue weighted by atomic mass is 9.95. The molecule has 1 fully saturated rings. The van der Waals surface area contributed by atoms with Gasteiger partial charge in [-0.1, -0.05) is 94.4 Å². The van der Waals surface area contributed by atoms with Crippen molar-refractivity contribution in [3.8, 4) is 0 Å². The Balaban J connectivity index is 1.53. The van der Waals surface area contributed by atoms with Gasteiger partial charge in [0.05, 0.1) is 0 Å². The molecular formula is C26H20P6. The minimum Gasteiger partial charge on any atom is -0.0677 e. The minimum atomic E-state index is 0.0738. The largest absolute Gasteiger partial charge is 0.0677 e. The van der Waals surface area contributed by atoms with Crippen LogP contribution in [0.3, 0.4) is 0 Å². The first-order valence-corrected chi connectivity index (χ1v) is 22.6. The SMILES string of the molecule is c1ccc2cc3cc4c(ccc5cc6cccc(P7PPPPP7)c6cc54)cc3cc2c1. The molecule has 1 aliphatic heterocycles. The third-order valence-corrected chi connectivity index (χ3v) is 39.4. The third-order valence-electron chi connectivity index (χ3n) is 6.33. The highest BCUT2D eigenvalue weighted by Crippen LogP contribution is 2.94. The summed E-state index contributed by atoms with van der Waals surface area (Å²) in [6.45, 7) is 0. The van der Waals surface area contributed by atoms with Gasteiger partial charge in [0.2, 0.25) is 0 Å². The van der Waals surface area contributed by atoms with Gasteiger partial charge in [-0.3, -0.25) is 0 Å². The second kappa shape index (κ2) is 8.45. The number of rotatable bonds is 1. The summed E-state index contributed by atoms with van der Waals surface area (Å²) in [5, 5.41) is 15.4. The summed E-state index contributed by atoms with van der Waals surface area (Å²) in [5.74, 6) is 0. The Kier molecular flexibility index (Phi) is 5.43. The molecule has 0 amide bonds. The van der Waals surface area contributed by atoms with E-state index < -0.39 is 0 Å². The molecule has 0 aliphatic carbocycles. The monoisotopic (exact) mass is 518 g/mol. The summed E-state index contributed by atoms with van der Waals surface area (Å²) in [7, 11) is 6.18. The van der Waals surface area contributed by atoms with Crippen molar-refractivity contribution >= 4 is 106 Å². The fourth-order valence-corrected chi connectivity index (χ4v) is 55.6. The second-order valence-electron chi connectivity index (χ2n) is 8.19. The zero-order valence-corrected chi connectivity index (χ0v) is 23.0. The molecular weight excluding hydrogens is 498 g/mol. The van der Waals surface area contributed by atoms with E-state index in [-0.39, 0.29) is 7.30 Å². The maximum Gasteiger partial charge on any atom is -0.00737 e. The number of fused-ring (bicyclic) bond motifs is 6. The third kappa shape index (κ3) is 3.52. The van der Waals surface area contributed by atoms with Crippen molar-refractivity contribution in [1.82, 2.24) is 0 Å². The predicted molar refractivity (Wildman–Crippen MR) is 162 cm³/mol. The molecule has 0 spiro atoms. The van der Waals surface area contributed by atoms with Crippen LogP contribution < -0.4 is 5.30 Å². The summed E-state index contributed by atoms with van der Waals surface area (Å²) >= 11 is 0. The fourth-order valence-electron chi connectivity index (χ4n) is 4.80. The van der Waals surface area contributed by atoms with Crippen molar-refractivity contribution in [3.63, 3.8) is 0 Å². The van der Waals surface area contributed by atoms with E-state index in [2.05, 4.69) is 91.0 Å². The van der Waals surface area contributed by atoms with Gasteiger partial charge in [0.1, 0.15) is 0 Å². The van der Waals surface area contributed by atoms with Crippen molar-refractivity contribution in [1.29, 1.82) is 0 Å². The van der Waals surface area contributed by atoms with Gasteiger partial charge in [0.25, 0.3) is 0 Å². The maximum atomic E-state index is 2.52. The molecule has 6 aromatic rings. The molecule has 4 atom stereocenters. The Morgan fingerprint density at radius 3 is 1.72 bits per heavy atom. The zero-order valence-electron chi connectivity index (χ0n) is 17.1. The van der Waals surface area contributed by atoms with Crippen LogP contribution in [0.1, 0.15) is 0 Å². The van der Waals surface area contributed by atoms with Crippen molar-refractivity contribution in [2.45, 2.75) is 0 Å². The van der Waals surface area contributed by atoms with E-state index in [1.807, 2.05) is 0 Å². The van der Waals surface area contributed by atoms with Crippen molar-refractivity contribution < 1.29 is 0 Å². The van der Waals surface area contributed by atoms with Crippen molar-refractivity contribution in [2.24, 2.45) is 0 Å². The Hall–Kier alpha value is -0.800. The van der Waals surface area contributed by atoms with E-state index in [1.165, 1.54) is 93.7 Å². The Morgan fingerprint density at radius 2 is 0.969 bits per heavy atom. The van der Waals surface area contributed by atoms with Crippen LogP contribution in [0.5, 0.6) is 0 Å². The van der Waals surface area contributed by atoms with Gasteiger partial charge in [-0.05, 0) is 103 Å². The van der Waals surface area contributed by atoms with Crippen LogP contribution in [0.25, 0.3) is 53.9 Å². The molecule has 4 unspecified atom stereocenters. The molecule has 1 heterocycles. The highest BCUT2D eigenvalue weighted by atomic mass is 33.0. The van der Waals surface area contributed by atoms with Crippen molar-refractivity contribution in [2.75, 3.05) is 0 Å². The van der Waals surface area contributed by atoms with E-state index in [1.54, 1.807) is 5.30 Å². The van der Waals surface area contributed by atoms with E-state index >= 15 is 0 Å². The van der Waals surface area contributed by atoms with E-state index in [0.29, 0.717) is 0 Å². The lowest BCUT2D eigenvalue weighted by Gasteiger charge is -2.24. The van der Waals surface area contributed by atoms with Gasteiger partial charge in [0.15, 0.2) is 0 Å². The molecule has 7 rings (SSSR count). The second-order valence-corrected chi connectivity index (χ2v) is 28.9. The predicted octanol–water partition coefficient (Wildman–Crippen LogP) is 10.5. The molecule has 0 N–H and O–H groups in total. The first-order valence-electron chi connectivity index (χ1n) is 10.6. The highest BCUT2D eigenvalue weighted by Gasteiger charge is 2.18. The maximum absolute atomic E-state index is 2.52. The molecule has 154 valence electrons. The van der Waals surface area contributed by atoms with E-state index in [0.717, 1.165) is 0 Å². The molecule has 0 saturated carbocycles. The Bertz CT molecular complexity index is 1670. The number of benzene rings is 6. The summed E-state index contributed by atoms with van der Waals surface area (Å²) in [6, 6.07) is 34.8. The quantitative estimate of drug-likeness (QED) is 0.115. The fraction of sp³-hybridized carbons (Fsp3) is 0. The Morgan fingerprint density at radius 1 is 0.406 bits per heavy atom. The van der Waals surface area contributed by atoms with Crippen LogP contribution in [0.15, 0.2) is 91.0 Å². The lowest BCUT2D eigenvalue weighted by molar-refractivity contribution is 1.79. The number of hydrogen-bond acceptors (Lipinski definition) is 0. The average molecular weight is 518 g/mol. The lowest BCUT2D eigenvalue weighted by Crippen LogP contribution is -1.97. The number of hydrogen-bond donors (Lipinski definition) is 0. The molecule has 1 aliphatic rings. The molecule has 6 heteroatoms. The van der Waals surface area contributed by atoms with Crippen LogP contribution in [0.4, 0.5) is 0 Å². The van der Waals surface area contributed by atoms with Gasteiger partial charge in [-0.25, -0.2) is 0 Å². The normalized spacial score (nSPS) is 20.8. The van der Waals surface area contributed by atoms with Gasteiger partial charge in [-0.15, -0.1) is 0 Å². The van der Waals surface area contributed by atoms with Gasteiger partial charge >= 0.3 is 0 Å². The van der Waals surface area contributed by atoms with Gasteiger partial charge in [-0.2, -0.15) is 0 Å². The first kappa shape index (κ1) is 20.6. The summed E-state index contributed by atoms with van der Waals surface area (Å²) in [6.07, 6.45) is 0. The topological polar surface area (TPSA) is 0 Å². The molecule has 6 aromatic carbocycles. The van der Waals surface area contributed by atoms with Crippen LogP contribution in [0.2, 0.25) is 0 Å². The van der Waals surface area contributed by atoms with E-state index in [4.69, 9.17) is 0 Å². The molecule has 0 bridgehead atoms.